The number of thioether (sulfide) groups is 2. The number of carbonyl (C=O) groups is 1. The van der Waals surface area contributed by atoms with Crippen LogP contribution in [-0.2, 0) is 4.79 Å². The van der Waals surface area contributed by atoms with Crippen LogP contribution in [0.3, 0.4) is 0 Å². The van der Waals surface area contributed by atoms with Gasteiger partial charge in [0.25, 0.3) is 0 Å². The van der Waals surface area contributed by atoms with Crippen molar-refractivity contribution in [2.45, 2.75) is 22.0 Å². The molecule has 0 amide bonds. The van der Waals surface area contributed by atoms with Gasteiger partial charge in [-0.3, -0.25) is 14.7 Å². The first-order valence-electron chi connectivity index (χ1n) is 6.76. The Morgan fingerprint density at radius 2 is 2.18 bits per heavy atom. The molecule has 0 spiro atoms. The monoisotopic (exact) mass is 356 g/mol. The van der Waals surface area contributed by atoms with Crippen LogP contribution in [0.1, 0.15) is 5.56 Å². The third-order valence-corrected chi connectivity index (χ3v) is 6.97. The zero-order valence-corrected chi connectivity index (χ0v) is 14.3. The molecule has 1 fully saturated rings. The second kappa shape index (κ2) is 6.35. The van der Waals surface area contributed by atoms with E-state index in [-0.39, 0.29) is 21.7 Å². The highest BCUT2D eigenvalue weighted by molar-refractivity contribution is 8.22. The first kappa shape index (κ1) is 16.0. The van der Waals surface area contributed by atoms with Gasteiger partial charge in [-0.2, -0.15) is 12.6 Å². The lowest BCUT2D eigenvalue weighted by Gasteiger charge is -2.27. The maximum absolute atomic E-state index is 11.2. The summed E-state index contributed by atoms with van der Waals surface area (Å²) >= 11 is 7.72. The molecule has 8 heteroatoms. The van der Waals surface area contributed by atoms with Gasteiger partial charge < -0.3 is 10.2 Å². The summed E-state index contributed by atoms with van der Waals surface area (Å²) in [6.45, 7) is 0. The molecule has 3 rings (SSSR count). The van der Waals surface area contributed by atoms with Gasteiger partial charge in [-0.15, -0.1) is 11.8 Å². The van der Waals surface area contributed by atoms with Crippen molar-refractivity contribution in [3.8, 4) is 5.75 Å². The summed E-state index contributed by atoms with van der Waals surface area (Å²) in [7, 11) is 1.82. The van der Waals surface area contributed by atoms with Crippen LogP contribution in [0.5, 0.6) is 5.75 Å². The van der Waals surface area contributed by atoms with E-state index in [4.69, 9.17) is 4.99 Å². The second-order valence-electron chi connectivity index (χ2n) is 5.19. The number of carboxylic acids is 1. The van der Waals surface area contributed by atoms with Crippen LogP contribution >= 0.6 is 36.2 Å². The van der Waals surface area contributed by atoms with E-state index in [9.17, 15) is 15.0 Å². The number of thiol groups is 1. The standard InChI is InChI=1S/C14H16N2O3S3/c1-16-8(13(18)19)6-21-12(16)10-14(20)22-11(15-10)7-4-2-3-5-9(7)17/h2-5,8,10,12,14,17,20H,6H2,1H3,(H,18,19)/t8-,10-,12-,14-/m1/s1. The van der Waals surface area contributed by atoms with E-state index in [1.807, 2.05) is 24.1 Å². The number of benzene rings is 1. The molecule has 0 radical (unpaired) electrons. The number of hydrogen-bond donors (Lipinski definition) is 3. The van der Waals surface area contributed by atoms with Crippen molar-refractivity contribution in [3.63, 3.8) is 0 Å². The van der Waals surface area contributed by atoms with E-state index < -0.39 is 12.0 Å². The van der Waals surface area contributed by atoms with Crippen molar-refractivity contribution < 1.29 is 15.0 Å². The highest BCUT2D eigenvalue weighted by Crippen LogP contribution is 2.42. The van der Waals surface area contributed by atoms with Crippen molar-refractivity contribution in [3.05, 3.63) is 29.8 Å². The van der Waals surface area contributed by atoms with Crippen molar-refractivity contribution in [2.75, 3.05) is 12.8 Å². The van der Waals surface area contributed by atoms with Gasteiger partial charge in [0.2, 0.25) is 0 Å². The molecule has 0 bridgehead atoms. The number of phenolic OH excluding ortho intramolecular Hbond substituents is 1. The average Bonchev–Trinajstić information content (AvgIpc) is 3.02. The molecule has 0 aliphatic carbocycles. The fourth-order valence-electron chi connectivity index (χ4n) is 2.59. The molecular weight excluding hydrogens is 340 g/mol. The Kier molecular flexibility index (Phi) is 4.63. The van der Waals surface area contributed by atoms with E-state index in [0.29, 0.717) is 11.3 Å². The Bertz CT molecular complexity index is 625. The fourth-order valence-corrected chi connectivity index (χ4v) is 5.95. The number of carboxylic acid groups (broad SMARTS) is 1. The SMILES string of the molecule is CN1[C@@H](C(=O)O)CS[C@@H]1[C@H]1N=C(c2ccccc2O)S[C@H]1S. The minimum absolute atomic E-state index is 0.0144. The third kappa shape index (κ3) is 2.84. The molecule has 0 unspecified atom stereocenters. The largest absolute Gasteiger partial charge is 0.507 e. The van der Waals surface area contributed by atoms with Gasteiger partial charge in [0.15, 0.2) is 0 Å². The van der Waals surface area contributed by atoms with Crippen molar-refractivity contribution >= 4 is 47.2 Å². The van der Waals surface area contributed by atoms with Crippen molar-refractivity contribution in [1.82, 2.24) is 4.90 Å². The Morgan fingerprint density at radius 1 is 1.45 bits per heavy atom. The van der Waals surface area contributed by atoms with Gasteiger partial charge in [-0.1, -0.05) is 23.9 Å². The summed E-state index contributed by atoms with van der Waals surface area (Å²) in [6, 6.07) is 6.50. The summed E-state index contributed by atoms with van der Waals surface area (Å²) < 4.78 is -0.0536. The van der Waals surface area contributed by atoms with Gasteiger partial charge in [0, 0.05) is 11.3 Å². The lowest BCUT2D eigenvalue weighted by molar-refractivity contribution is -0.141. The predicted octanol–water partition coefficient (Wildman–Crippen LogP) is 1.97. The Morgan fingerprint density at radius 3 is 2.82 bits per heavy atom. The molecule has 4 atom stereocenters. The molecule has 2 heterocycles. The van der Waals surface area contributed by atoms with E-state index in [0.717, 1.165) is 5.04 Å². The van der Waals surface area contributed by atoms with Crippen LogP contribution in [0, 0.1) is 0 Å². The van der Waals surface area contributed by atoms with Crippen molar-refractivity contribution in [2.24, 2.45) is 4.99 Å². The van der Waals surface area contributed by atoms with E-state index in [2.05, 4.69) is 12.6 Å². The summed E-state index contributed by atoms with van der Waals surface area (Å²) in [5.74, 6) is -0.0471. The van der Waals surface area contributed by atoms with Crippen LogP contribution in [0.2, 0.25) is 0 Å². The number of likely N-dealkylation sites (N-methyl/N-ethyl adjacent to an activating group) is 1. The molecule has 2 aliphatic heterocycles. The lowest BCUT2D eigenvalue weighted by Crippen LogP contribution is -2.43. The lowest BCUT2D eigenvalue weighted by atomic mass is 10.2. The highest BCUT2D eigenvalue weighted by Gasteiger charge is 2.44. The van der Waals surface area contributed by atoms with Crippen LogP contribution in [0.4, 0.5) is 0 Å². The minimum atomic E-state index is -0.802. The Labute approximate surface area is 142 Å². The topological polar surface area (TPSA) is 73.1 Å². The first-order chi connectivity index (χ1) is 10.5. The predicted molar refractivity (Wildman–Crippen MR) is 94.2 cm³/mol. The average molecular weight is 356 g/mol. The molecule has 0 saturated carbocycles. The number of para-hydroxylation sites is 1. The molecule has 118 valence electrons. The van der Waals surface area contributed by atoms with E-state index in [1.54, 1.807) is 23.9 Å². The summed E-state index contributed by atoms with van der Waals surface area (Å²) in [4.78, 5) is 17.8. The van der Waals surface area contributed by atoms with Crippen LogP contribution < -0.4 is 0 Å². The van der Waals surface area contributed by atoms with Gasteiger partial charge in [-0.05, 0) is 19.2 Å². The number of hydrogen-bond acceptors (Lipinski definition) is 7. The zero-order chi connectivity index (χ0) is 15.9. The molecule has 1 aromatic carbocycles. The molecule has 0 aromatic heterocycles. The summed E-state index contributed by atoms with van der Waals surface area (Å²) in [5, 5.41) is 19.9. The fraction of sp³-hybridized carbons (Fsp3) is 0.429. The van der Waals surface area contributed by atoms with Crippen LogP contribution in [0.25, 0.3) is 0 Å². The molecule has 5 nitrogen and oxygen atoms in total. The smallest absolute Gasteiger partial charge is 0.321 e. The first-order valence-corrected chi connectivity index (χ1v) is 9.20. The number of nitrogens with zero attached hydrogens (tertiary/aromatic N) is 2. The number of aliphatic imine (C=N–C) groups is 1. The molecule has 2 N–H and O–H groups in total. The number of rotatable bonds is 3. The van der Waals surface area contributed by atoms with Crippen LogP contribution in [0.15, 0.2) is 29.3 Å². The van der Waals surface area contributed by atoms with Crippen LogP contribution in [-0.4, -0.2) is 61.0 Å². The molecule has 1 saturated heterocycles. The van der Waals surface area contributed by atoms with Gasteiger partial charge in [0.05, 0.1) is 16.0 Å². The third-order valence-electron chi connectivity index (χ3n) is 3.82. The quantitative estimate of drug-likeness (QED) is 0.719. The number of aliphatic carboxylic acids is 1. The Balaban J connectivity index is 1.84. The second-order valence-corrected chi connectivity index (χ2v) is 8.38. The highest BCUT2D eigenvalue weighted by atomic mass is 32.2. The molecular formula is C14H16N2O3S3. The Hall–Kier alpha value is -0.830. The van der Waals surface area contributed by atoms with Gasteiger partial charge in [0.1, 0.15) is 16.8 Å². The normalized spacial score (nSPS) is 32.2. The summed E-state index contributed by atoms with van der Waals surface area (Å²) in [6.07, 6.45) is 0. The molecule has 22 heavy (non-hydrogen) atoms. The summed E-state index contributed by atoms with van der Waals surface area (Å²) in [5.41, 5.74) is 0.703. The van der Waals surface area contributed by atoms with Gasteiger partial charge >= 0.3 is 5.97 Å². The van der Waals surface area contributed by atoms with Gasteiger partial charge in [-0.25, -0.2) is 0 Å². The molecule has 1 aromatic rings. The van der Waals surface area contributed by atoms with Crippen molar-refractivity contribution in [1.29, 1.82) is 0 Å². The minimum Gasteiger partial charge on any atom is -0.507 e. The number of aromatic hydroxyl groups is 1. The molecule has 2 aliphatic rings. The maximum Gasteiger partial charge on any atom is 0.321 e. The zero-order valence-electron chi connectivity index (χ0n) is 11.8. The van der Waals surface area contributed by atoms with E-state index >= 15 is 0 Å². The number of phenols is 1. The van der Waals surface area contributed by atoms with E-state index in [1.165, 1.54) is 11.8 Å². The maximum atomic E-state index is 11.2.